The van der Waals surface area contributed by atoms with Crippen molar-refractivity contribution in [3.05, 3.63) is 40.6 Å². The second kappa shape index (κ2) is 12.0. The van der Waals surface area contributed by atoms with Crippen LogP contribution in [0.15, 0.2) is 40.5 Å². The normalized spacial score (nSPS) is 34.5. The molecule has 212 valence electrons. The van der Waals surface area contributed by atoms with Crippen molar-refractivity contribution in [3.8, 4) is 5.75 Å². The molecular formula is C30H39ClFN3O4. The first-order valence-electron chi connectivity index (χ1n) is 14.3. The number of ether oxygens (including phenoxy) is 1. The molecule has 0 bridgehead atoms. The molecule has 7 nitrogen and oxygen atoms in total. The van der Waals surface area contributed by atoms with Gasteiger partial charge in [0, 0.05) is 24.3 Å². The Morgan fingerprint density at radius 1 is 1.23 bits per heavy atom. The maximum Gasteiger partial charge on any atom is 0.270 e. The Labute approximate surface area is 234 Å². The highest BCUT2D eigenvalue weighted by Gasteiger charge is 2.50. The van der Waals surface area contributed by atoms with E-state index in [-0.39, 0.29) is 49.6 Å². The third kappa shape index (κ3) is 6.49. The highest BCUT2D eigenvalue weighted by Crippen LogP contribution is 2.54. The molecule has 3 saturated carbocycles. The molecule has 1 unspecified atom stereocenters. The molecule has 7 atom stereocenters. The summed E-state index contributed by atoms with van der Waals surface area (Å²) in [6.07, 6.45) is 3.76. The summed E-state index contributed by atoms with van der Waals surface area (Å²) in [4.78, 5) is 31.8. The van der Waals surface area contributed by atoms with E-state index in [0.29, 0.717) is 29.2 Å². The summed E-state index contributed by atoms with van der Waals surface area (Å²) in [5.41, 5.74) is 7.94. The zero-order valence-corrected chi connectivity index (χ0v) is 23.3. The lowest BCUT2D eigenvalue weighted by molar-refractivity contribution is -0.131. The largest absolute Gasteiger partial charge is 0.489 e. The quantitative estimate of drug-likeness (QED) is 0.456. The molecule has 5 rings (SSSR count). The maximum atomic E-state index is 14.0. The van der Waals surface area contributed by atoms with Gasteiger partial charge in [0.1, 0.15) is 17.6 Å². The van der Waals surface area contributed by atoms with Crippen LogP contribution in [0, 0.1) is 23.7 Å². The van der Waals surface area contributed by atoms with Crippen molar-refractivity contribution in [1.82, 2.24) is 4.90 Å². The van der Waals surface area contributed by atoms with Gasteiger partial charge in [0.05, 0.1) is 30.3 Å². The molecule has 0 spiro atoms. The number of aliphatic hydroxyl groups excluding tert-OH is 1. The van der Waals surface area contributed by atoms with Crippen LogP contribution in [0.3, 0.4) is 0 Å². The zero-order valence-electron chi connectivity index (χ0n) is 22.5. The number of amides is 1. The van der Waals surface area contributed by atoms with Gasteiger partial charge in [-0.3, -0.25) is 14.6 Å². The van der Waals surface area contributed by atoms with E-state index in [1.807, 2.05) is 24.3 Å². The number of nitrogens with zero attached hydrogens (tertiary/aromatic N) is 2. The zero-order chi connectivity index (χ0) is 27.7. The number of carbonyl (C=O) groups excluding carboxylic acids is 2. The van der Waals surface area contributed by atoms with Gasteiger partial charge in [0.25, 0.3) is 5.91 Å². The first kappa shape index (κ1) is 28.1. The van der Waals surface area contributed by atoms with Gasteiger partial charge in [-0.2, -0.15) is 0 Å². The number of rotatable bonds is 8. The Kier molecular flexibility index (Phi) is 8.62. The molecule has 1 aromatic carbocycles. The van der Waals surface area contributed by atoms with E-state index < -0.39 is 18.2 Å². The summed E-state index contributed by atoms with van der Waals surface area (Å²) in [6, 6.07) is 7.55. The number of halogens is 2. The number of fused-ring (bicyclic) bond motifs is 1. The highest BCUT2D eigenvalue weighted by molar-refractivity contribution is 6.32. The van der Waals surface area contributed by atoms with Crippen molar-refractivity contribution in [2.45, 2.75) is 76.7 Å². The number of aliphatic hydroxyl groups is 1. The van der Waals surface area contributed by atoms with Crippen molar-refractivity contribution >= 4 is 29.0 Å². The molecule has 1 saturated heterocycles. The standard InChI is InChI=1S/C30H39ClFN3O4/c1-17-12-21(39-27-5-3-2-4-23(27)31)9-7-18(17)6-8-20(36)15-34-25-14-19-13-22(19)28(25)29(33)30(38)35-11-10-26(37)24(32)16-35/h2-5,17-19,21-22,24,26,37H,6-16,33H2,1H3/t17-,18?,19-,21-,22-,24+,26-/m1/s1. The van der Waals surface area contributed by atoms with Gasteiger partial charge in [0.2, 0.25) is 0 Å². The van der Waals surface area contributed by atoms with E-state index >= 15 is 0 Å². The summed E-state index contributed by atoms with van der Waals surface area (Å²) in [7, 11) is 0. The van der Waals surface area contributed by atoms with Crippen LogP contribution in [0.5, 0.6) is 5.75 Å². The monoisotopic (exact) mass is 559 g/mol. The van der Waals surface area contributed by atoms with E-state index in [1.54, 1.807) is 0 Å². The summed E-state index contributed by atoms with van der Waals surface area (Å²) in [5.74, 6) is 1.99. The van der Waals surface area contributed by atoms with Gasteiger partial charge < -0.3 is 20.5 Å². The number of piperidine rings is 1. The number of alkyl halides is 1. The minimum Gasteiger partial charge on any atom is -0.489 e. The van der Waals surface area contributed by atoms with Crippen molar-refractivity contribution in [1.29, 1.82) is 0 Å². The Balaban J connectivity index is 1.12. The second-order valence-electron chi connectivity index (χ2n) is 11.8. The predicted molar refractivity (Wildman–Crippen MR) is 148 cm³/mol. The Hall–Kier alpha value is -2.45. The van der Waals surface area contributed by atoms with E-state index in [4.69, 9.17) is 22.1 Å². The fourth-order valence-corrected chi connectivity index (χ4v) is 6.72. The van der Waals surface area contributed by atoms with Crippen LogP contribution in [0.2, 0.25) is 5.02 Å². The first-order valence-corrected chi connectivity index (χ1v) is 14.7. The number of benzene rings is 1. The smallest absolute Gasteiger partial charge is 0.270 e. The number of allylic oxidation sites excluding steroid dienone is 1. The number of carbonyl (C=O) groups is 2. The van der Waals surface area contributed by atoms with E-state index in [1.165, 1.54) is 4.90 Å². The molecule has 0 aromatic heterocycles. The lowest BCUT2D eigenvalue weighted by Gasteiger charge is -2.34. The SMILES string of the molecule is C[C@@H]1C[C@H](Oc2ccccc2Cl)CCC1CCC(=O)CN=C1C[C@H]2C[C@H]2C1=C(N)C(=O)N1CC[C@@H](O)[C@@H](F)C1. The molecule has 4 fully saturated rings. The average molecular weight is 560 g/mol. The lowest BCUT2D eigenvalue weighted by Crippen LogP contribution is -2.48. The second-order valence-corrected chi connectivity index (χ2v) is 12.2. The predicted octanol–water partition coefficient (Wildman–Crippen LogP) is 4.50. The average Bonchev–Trinajstić information content (AvgIpc) is 3.58. The van der Waals surface area contributed by atoms with Gasteiger partial charge in [-0.15, -0.1) is 0 Å². The number of para-hydroxylation sites is 1. The Morgan fingerprint density at radius 3 is 2.77 bits per heavy atom. The minimum absolute atomic E-state index is 0.0965. The molecule has 3 aliphatic carbocycles. The number of hydrogen-bond acceptors (Lipinski definition) is 6. The number of likely N-dealkylation sites (tertiary alicyclic amines) is 1. The van der Waals surface area contributed by atoms with Gasteiger partial charge >= 0.3 is 0 Å². The van der Waals surface area contributed by atoms with Crippen LogP contribution in [0.25, 0.3) is 0 Å². The van der Waals surface area contributed by atoms with Crippen molar-refractivity contribution < 1.29 is 23.8 Å². The van der Waals surface area contributed by atoms with Crippen LogP contribution >= 0.6 is 11.6 Å². The lowest BCUT2D eigenvalue weighted by atomic mass is 9.76. The molecular weight excluding hydrogens is 521 g/mol. The van der Waals surface area contributed by atoms with Crippen LogP contribution in [0.1, 0.15) is 58.3 Å². The van der Waals surface area contributed by atoms with Gasteiger partial charge in [-0.1, -0.05) is 30.7 Å². The van der Waals surface area contributed by atoms with Crippen molar-refractivity contribution in [2.75, 3.05) is 19.6 Å². The van der Waals surface area contributed by atoms with E-state index in [2.05, 4.69) is 11.9 Å². The van der Waals surface area contributed by atoms with Gasteiger partial charge in [-0.05, 0) is 80.8 Å². The number of nitrogens with two attached hydrogens (primary N) is 1. The highest BCUT2D eigenvalue weighted by atomic mass is 35.5. The van der Waals surface area contributed by atoms with Gasteiger partial charge in [-0.25, -0.2) is 4.39 Å². The molecule has 1 aromatic rings. The summed E-state index contributed by atoms with van der Waals surface area (Å²) in [5, 5.41) is 10.3. The number of aliphatic imine (C=N–C) groups is 1. The Morgan fingerprint density at radius 2 is 2.03 bits per heavy atom. The molecule has 0 radical (unpaired) electrons. The molecule has 9 heteroatoms. The van der Waals surface area contributed by atoms with Crippen molar-refractivity contribution in [2.24, 2.45) is 34.4 Å². The number of hydrogen-bond donors (Lipinski definition) is 2. The molecule has 1 aliphatic heterocycles. The van der Waals surface area contributed by atoms with E-state index in [0.717, 1.165) is 55.6 Å². The fraction of sp³-hybridized carbons (Fsp3) is 0.633. The van der Waals surface area contributed by atoms with Crippen LogP contribution in [-0.4, -0.2) is 65.4 Å². The molecule has 3 N–H and O–H groups in total. The topological polar surface area (TPSA) is 105 Å². The van der Waals surface area contributed by atoms with Crippen molar-refractivity contribution in [3.63, 3.8) is 0 Å². The fourth-order valence-electron chi connectivity index (χ4n) is 6.54. The van der Waals surface area contributed by atoms with E-state index in [9.17, 15) is 19.1 Å². The number of ketones is 1. The van der Waals surface area contributed by atoms with Crippen LogP contribution in [0.4, 0.5) is 4.39 Å². The summed E-state index contributed by atoms with van der Waals surface area (Å²) in [6.45, 7) is 2.45. The Bertz CT molecular complexity index is 1160. The minimum atomic E-state index is -1.46. The molecule has 1 heterocycles. The third-order valence-corrected chi connectivity index (χ3v) is 9.36. The maximum absolute atomic E-state index is 14.0. The van der Waals surface area contributed by atoms with Gasteiger partial charge in [0.15, 0.2) is 5.78 Å². The number of Topliss-reactive ketones (excluding diaryl/α,β-unsaturated/α-hetero) is 1. The third-order valence-electron chi connectivity index (χ3n) is 9.04. The van der Waals surface area contributed by atoms with Crippen LogP contribution < -0.4 is 10.5 Å². The summed E-state index contributed by atoms with van der Waals surface area (Å²) >= 11 is 6.24. The molecule has 39 heavy (non-hydrogen) atoms. The first-order chi connectivity index (χ1) is 18.7. The van der Waals surface area contributed by atoms with Crippen LogP contribution in [-0.2, 0) is 9.59 Å². The molecule has 1 amide bonds. The molecule has 4 aliphatic rings. The summed E-state index contributed by atoms with van der Waals surface area (Å²) < 4.78 is 20.1.